The second kappa shape index (κ2) is 5.08. The number of piperidine rings is 1. The van der Waals surface area contributed by atoms with E-state index in [4.69, 9.17) is 10.8 Å². The van der Waals surface area contributed by atoms with Gasteiger partial charge < -0.3 is 21.3 Å². The van der Waals surface area contributed by atoms with Crippen molar-refractivity contribution in [3.8, 4) is 0 Å². The van der Waals surface area contributed by atoms with E-state index in [1.807, 2.05) is 0 Å². The summed E-state index contributed by atoms with van der Waals surface area (Å²) in [5, 5.41) is 22.1. The molecule has 1 amide bonds. The SMILES string of the molecule is N[C@@H]1[C@H](O)[C@@H](NC(=O)C(F)(F)F)NC[C@H]1C(=O)O. The van der Waals surface area contributed by atoms with Gasteiger partial charge in [-0.25, -0.2) is 0 Å². The highest BCUT2D eigenvalue weighted by Gasteiger charge is 2.45. The van der Waals surface area contributed by atoms with Crippen LogP contribution in [0, 0.1) is 5.92 Å². The Morgan fingerprint density at radius 3 is 2.39 bits per heavy atom. The number of rotatable bonds is 2. The highest BCUT2D eigenvalue weighted by Crippen LogP contribution is 2.17. The van der Waals surface area contributed by atoms with Gasteiger partial charge in [0.1, 0.15) is 12.3 Å². The Kier molecular flexibility index (Phi) is 4.14. The monoisotopic (exact) mass is 271 g/mol. The van der Waals surface area contributed by atoms with E-state index < -0.39 is 42.3 Å². The number of aliphatic hydroxyl groups excluding tert-OH is 1. The standard InChI is InChI=1S/C8H12F3N3O4/c9-8(10,11)7(18)14-5-4(15)3(12)2(1-13-5)6(16)17/h2-5,13,15H,1,12H2,(H,14,18)(H,16,17)/t2-,3+,4+,5-/m1/s1. The van der Waals surface area contributed by atoms with Gasteiger partial charge in [0.15, 0.2) is 0 Å². The number of nitrogens with one attached hydrogen (secondary N) is 2. The van der Waals surface area contributed by atoms with Gasteiger partial charge in [0.05, 0.1) is 5.92 Å². The number of carbonyl (C=O) groups excluding carboxylic acids is 1. The number of alkyl halides is 3. The van der Waals surface area contributed by atoms with Crippen molar-refractivity contribution >= 4 is 11.9 Å². The van der Waals surface area contributed by atoms with Crippen molar-refractivity contribution in [3.05, 3.63) is 0 Å². The van der Waals surface area contributed by atoms with E-state index in [1.54, 1.807) is 0 Å². The van der Waals surface area contributed by atoms with Gasteiger partial charge in [0.2, 0.25) is 0 Å². The molecule has 0 radical (unpaired) electrons. The quantitative estimate of drug-likeness (QED) is 0.395. The summed E-state index contributed by atoms with van der Waals surface area (Å²) in [5.41, 5.74) is 5.40. The number of carboxylic acids is 1. The largest absolute Gasteiger partial charge is 0.481 e. The summed E-state index contributed by atoms with van der Waals surface area (Å²) in [6.07, 6.45) is -8.16. The van der Waals surface area contributed by atoms with Gasteiger partial charge in [-0.2, -0.15) is 13.2 Å². The number of amides is 1. The van der Waals surface area contributed by atoms with E-state index >= 15 is 0 Å². The predicted octanol–water partition coefficient (Wildman–Crippen LogP) is -2.02. The minimum atomic E-state index is -5.09. The fraction of sp³-hybridized carbons (Fsp3) is 0.750. The molecule has 0 aromatic heterocycles. The number of nitrogens with two attached hydrogens (primary N) is 1. The summed E-state index contributed by atoms with van der Waals surface area (Å²) in [5.74, 6) is -4.66. The molecule has 104 valence electrons. The molecule has 1 saturated heterocycles. The molecule has 0 aromatic carbocycles. The Bertz CT molecular complexity index is 349. The third kappa shape index (κ3) is 3.09. The number of aliphatic hydroxyl groups is 1. The molecule has 1 rings (SSSR count). The maximum atomic E-state index is 12.0. The molecular formula is C8H12F3N3O4. The van der Waals surface area contributed by atoms with Crippen LogP contribution in [0.5, 0.6) is 0 Å². The number of carbonyl (C=O) groups is 2. The maximum absolute atomic E-state index is 12.0. The van der Waals surface area contributed by atoms with Gasteiger partial charge in [-0.1, -0.05) is 0 Å². The second-order valence-electron chi connectivity index (χ2n) is 3.87. The third-order valence-electron chi connectivity index (χ3n) is 2.62. The molecule has 0 spiro atoms. The summed E-state index contributed by atoms with van der Waals surface area (Å²) in [6, 6.07) is -1.28. The fourth-order valence-corrected chi connectivity index (χ4v) is 1.58. The van der Waals surface area contributed by atoms with Gasteiger partial charge in [-0.05, 0) is 0 Å². The van der Waals surface area contributed by atoms with E-state index in [-0.39, 0.29) is 6.54 Å². The van der Waals surface area contributed by atoms with Crippen LogP contribution in [0.25, 0.3) is 0 Å². The van der Waals surface area contributed by atoms with Crippen molar-refractivity contribution in [1.82, 2.24) is 10.6 Å². The van der Waals surface area contributed by atoms with E-state index in [1.165, 1.54) is 5.32 Å². The summed E-state index contributed by atoms with van der Waals surface area (Å²) in [6.45, 7) is -0.254. The molecule has 1 heterocycles. The lowest BCUT2D eigenvalue weighted by atomic mass is 9.90. The Labute approximate surface area is 99.1 Å². The topological polar surface area (TPSA) is 125 Å². The maximum Gasteiger partial charge on any atom is 0.471 e. The van der Waals surface area contributed by atoms with E-state index in [2.05, 4.69) is 5.32 Å². The van der Waals surface area contributed by atoms with Gasteiger partial charge in [0.25, 0.3) is 0 Å². The van der Waals surface area contributed by atoms with Crippen LogP contribution in [0.4, 0.5) is 13.2 Å². The Morgan fingerprint density at radius 2 is 1.94 bits per heavy atom. The van der Waals surface area contributed by atoms with Crippen LogP contribution in [0.2, 0.25) is 0 Å². The average molecular weight is 271 g/mol. The molecule has 0 aromatic rings. The van der Waals surface area contributed by atoms with Crippen molar-refractivity contribution in [2.24, 2.45) is 11.7 Å². The Balaban J connectivity index is 2.67. The Hall–Kier alpha value is -1.39. The molecule has 1 fully saturated rings. The van der Waals surface area contributed by atoms with Gasteiger partial charge >= 0.3 is 18.1 Å². The zero-order valence-electron chi connectivity index (χ0n) is 8.94. The zero-order chi connectivity index (χ0) is 14.1. The summed E-state index contributed by atoms with van der Waals surface area (Å²) < 4.78 is 36.0. The smallest absolute Gasteiger partial charge is 0.471 e. The van der Waals surface area contributed by atoms with Gasteiger partial charge in [-0.15, -0.1) is 0 Å². The number of aliphatic carboxylic acids is 1. The van der Waals surface area contributed by atoms with E-state index in [0.717, 1.165) is 0 Å². The van der Waals surface area contributed by atoms with Crippen LogP contribution in [-0.2, 0) is 9.59 Å². The molecule has 7 nitrogen and oxygen atoms in total. The van der Waals surface area contributed by atoms with Crippen LogP contribution >= 0.6 is 0 Å². The van der Waals surface area contributed by atoms with E-state index in [0.29, 0.717) is 0 Å². The zero-order valence-corrected chi connectivity index (χ0v) is 8.94. The molecule has 10 heteroatoms. The highest BCUT2D eigenvalue weighted by atomic mass is 19.4. The van der Waals surface area contributed by atoms with Gasteiger partial charge in [-0.3, -0.25) is 14.9 Å². The first kappa shape index (κ1) is 14.7. The normalized spacial score (nSPS) is 32.9. The van der Waals surface area contributed by atoms with Crippen molar-refractivity contribution in [2.75, 3.05) is 6.54 Å². The highest BCUT2D eigenvalue weighted by molar-refractivity contribution is 5.82. The van der Waals surface area contributed by atoms with Crippen molar-refractivity contribution in [3.63, 3.8) is 0 Å². The molecule has 1 aliphatic heterocycles. The molecule has 0 aliphatic carbocycles. The lowest BCUT2D eigenvalue weighted by Gasteiger charge is -2.37. The van der Waals surface area contributed by atoms with Crippen LogP contribution in [0.15, 0.2) is 0 Å². The van der Waals surface area contributed by atoms with Gasteiger partial charge in [0, 0.05) is 12.6 Å². The van der Waals surface area contributed by atoms with E-state index in [9.17, 15) is 27.9 Å². The number of hydrogen-bond acceptors (Lipinski definition) is 5. The molecule has 4 atom stereocenters. The average Bonchev–Trinajstić information content (AvgIpc) is 2.22. The summed E-state index contributed by atoms with van der Waals surface area (Å²) >= 11 is 0. The van der Waals surface area contributed by atoms with Crippen LogP contribution in [0.3, 0.4) is 0 Å². The Morgan fingerprint density at radius 1 is 1.39 bits per heavy atom. The molecule has 1 aliphatic rings. The molecule has 0 unspecified atom stereocenters. The number of halogens is 3. The van der Waals surface area contributed by atoms with Crippen LogP contribution < -0.4 is 16.4 Å². The molecule has 6 N–H and O–H groups in total. The van der Waals surface area contributed by atoms with Crippen molar-refractivity contribution < 1.29 is 33.0 Å². The lowest BCUT2D eigenvalue weighted by Crippen LogP contribution is -2.68. The fourth-order valence-electron chi connectivity index (χ4n) is 1.58. The minimum absolute atomic E-state index is 0.254. The molecule has 0 bridgehead atoms. The molecule has 0 saturated carbocycles. The molecule has 18 heavy (non-hydrogen) atoms. The second-order valence-corrected chi connectivity index (χ2v) is 3.87. The van der Waals surface area contributed by atoms with Crippen molar-refractivity contribution in [2.45, 2.75) is 24.5 Å². The summed E-state index contributed by atoms with van der Waals surface area (Å²) in [4.78, 5) is 21.4. The minimum Gasteiger partial charge on any atom is -0.481 e. The van der Waals surface area contributed by atoms with Crippen LogP contribution in [-0.4, -0.2) is 53.1 Å². The summed E-state index contributed by atoms with van der Waals surface area (Å²) in [7, 11) is 0. The third-order valence-corrected chi connectivity index (χ3v) is 2.62. The number of hydrogen-bond donors (Lipinski definition) is 5. The first-order valence-electron chi connectivity index (χ1n) is 4.92. The molecular weight excluding hydrogens is 259 g/mol. The number of carboxylic acid groups (broad SMARTS) is 1. The van der Waals surface area contributed by atoms with Crippen LogP contribution in [0.1, 0.15) is 0 Å². The van der Waals surface area contributed by atoms with Crippen molar-refractivity contribution in [1.29, 1.82) is 0 Å². The lowest BCUT2D eigenvalue weighted by molar-refractivity contribution is -0.176. The first-order valence-corrected chi connectivity index (χ1v) is 4.92. The first-order chi connectivity index (χ1) is 8.14. The predicted molar refractivity (Wildman–Crippen MR) is 51.1 cm³/mol.